The van der Waals surface area contributed by atoms with Gasteiger partial charge in [-0.2, -0.15) is 0 Å². The van der Waals surface area contributed by atoms with Crippen LogP contribution in [-0.2, 0) is 9.84 Å². The number of rotatable bonds is 4. The molecule has 1 unspecified atom stereocenters. The molecular formula is C13H16ClNO3S2. The normalized spacial score (nSPS) is 20.8. The lowest BCUT2D eigenvalue weighted by Crippen LogP contribution is -2.30. The Kier molecular flexibility index (Phi) is 4.99. The molecule has 20 heavy (non-hydrogen) atoms. The maximum Gasteiger partial charge on any atom is 0.252 e. The first-order valence-corrected chi connectivity index (χ1v) is 9.66. The molecule has 1 amide bonds. The molecule has 1 aromatic rings. The molecule has 0 aromatic heterocycles. The van der Waals surface area contributed by atoms with Gasteiger partial charge in [-0.1, -0.05) is 11.6 Å². The molecule has 0 bridgehead atoms. The van der Waals surface area contributed by atoms with Crippen LogP contribution in [0.25, 0.3) is 0 Å². The molecule has 1 heterocycles. The van der Waals surface area contributed by atoms with Crippen LogP contribution in [0.3, 0.4) is 0 Å². The summed E-state index contributed by atoms with van der Waals surface area (Å²) in [6, 6.07) is 5.30. The van der Waals surface area contributed by atoms with Crippen LogP contribution in [-0.4, -0.2) is 38.6 Å². The number of amides is 1. The zero-order valence-electron chi connectivity index (χ0n) is 11.1. The van der Waals surface area contributed by atoms with Gasteiger partial charge >= 0.3 is 0 Å². The van der Waals surface area contributed by atoms with Crippen LogP contribution in [0.4, 0.5) is 0 Å². The van der Waals surface area contributed by atoms with E-state index in [0.717, 1.165) is 4.90 Å². The van der Waals surface area contributed by atoms with Crippen LogP contribution in [0, 0.1) is 5.92 Å². The fraction of sp³-hybridized carbons (Fsp3) is 0.462. The molecule has 0 spiro atoms. The fourth-order valence-corrected chi connectivity index (χ4v) is 4.68. The number of sulfone groups is 1. The van der Waals surface area contributed by atoms with Crippen molar-refractivity contribution in [3.63, 3.8) is 0 Å². The van der Waals surface area contributed by atoms with E-state index in [4.69, 9.17) is 11.6 Å². The summed E-state index contributed by atoms with van der Waals surface area (Å²) in [6.45, 7) is 0.373. The van der Waals surface area contributed by atoms with Crippen LogP contribution >= 0.6 is 23.4 Å². The monoisotopic (exact) mass is 333 g/mol. The molecule has 1 atom stereocenters. The summed E-state index contributed by atoms with van der Waals surface area (Å²) in [5.41, 5.74) is 0.430. The van der Waals surface area contributed by atoms with Crippen molar-refractivity contribution in [2.45, 2.75) is 11.3 Å². The average Bonchev–Trinajstić information content (AvgIpc) is 2.76. The van der Waals surface area contributed by atoms with Crippen molar-refractivity contribution in [2.24, 2.45) is 5.92 Å². The van der Waals surface area contributed by atoms with Crippen molar-refractivity contribution in [1.82, 2.24) is 5.32 Å². The van der Waals surface area contributed by atoms with Crippen molar-refractivity contribution in [3.8, 4) is 0 Å². The Balaban J connectivity index is 1.99. The first-order chi connectivity index (χ1) is 9.41. The summed E-state index contributed by atoms with van der Waals surface area (Å²) in [7, 11) is -2.91. The van der Waals surface area contributed by atoms with Gasteiger partial charge in [0.2, 0.25) is 0 Å². The van der Waals surface area contributed by atoms with Crippen LogP contribution in [0.2, 0.25) is 5.02 Å². The lowest BCUT2D eigenvalue weighted by atomic mass is 10.1. The molecule has 0 saturated carbocycles. The molecule has 7 heteroatoms. The Hall–Kier alpha value is -0.720. The fourth-order valence-electron chi connectivity index (χ4n) is 2.17. The van der Waals surface area contributed by atoms with E-state index in [1.54, 1.807) is 12.1 Å². The molecular weight excluding hydrogens is 318 g/mol. The first kappa shape index (κ1) is 15.7. The Morgan fingerprint density at radius 1 is 1.50 bits per heavy atom. The second-order valence-corrected chi connectivity index (χ2v) is 8.34. The first-order valence-electron chi connectivity index (χ1n) is 6.23. The number of nitrogens with one attached hydrogen (secondary N) is 1. The number of thioether (sulfide) groups is 1. The van der Waals surface area contributed by atoms with Gasteiger partial charge in [-0.05, 0) is 36.8 Å². The minimum absolute atomic E-state index is 0.00598. The van der Waals surface area contributed by atoms with E-state index in [-0.39, 0.29) is 23.3 Å². The molecule has 4 nitrogen and oxygen atoms in total. The molecule has 0 radical (unpaired) electrons. The van der Waals surface area contributed by atoms with Gasteiger partial charge in [0.05, 0.1) is 22.1 Å². The largest absolute Gasteiger partial charge is 0.352 e. The van der Waals surface area contributed by atoms with E-state index < -0.39 is 9.84 Å². The predicted molar refractivity (Wildman–Crippen MR) is 82.3 cm³/mol. The molecule has 1 aromatic carbocycles. The minimum Gasteiger partial charge on any atom is -0.352 e. The SMILES string of the molecule is CSc1ccc(Cl)c(C(=O)NCC2CCS(=O)(=O)C2)c1. The molecule has 1 aliphatic heterocycles. The highest BCUT2D eigenvalue weighted by molar-refractivity contribution is 7.98. The Labute approximate surface area is 128 Å². The van der Waals surface area contributed by atoms with Crippen molar-refractivity contribution < 1.29 is 13.2 Å². The minimum atomic E-state index is -2.91. The second-order valence-electron chi connectivity index (χ2n) is 4.82. The van der Waals surface area contributed by atoms with E-state index in [2.05, 4.69) is 5.32 Å². The maximum atomic E-state index is 12.1. The van der Waals surface area contributed by atoms with E-state index in [1.165, 1.54) is 11.8 Å². The van der Waals surface area contributed by atoms with Gasteiger partial charge in [-0.15, -0.1) is 11.8 Å². The molecule has 110 valence electrons. The smallest absolute Gasteiger partial charge is 0.252 e. The summed E-state index contributed by atoms with van der Waals surface area (Å²) in [5.74, 6) is 0.129. The third-order valence-corrected chi connectivity index (χ3v) is 6.19. The molecule has 2 rings (SSSR count). The molecule has 1 aliphatic rings. The van der Waals surface area contributed by atoms with Crippen LogP contribution in [0.1, 0.15) is 16.8 Å². The summed E-state index contributed by atoms with van der Waals surface area (Å²) in [5, 5.41) is 3.18. The number of hydrogen-bond donors (Lipinski definition) is 1. The maximum absolute atomic E-state index is 12.1. The summed E-state index contributed by atoms with van der Waals surface area (Å²) >= 11 is 7.56. The number of halogens is 1. The zero-order valence-corrected chi connectivity index (χ0v) is 13.4. The quantitative estimate of drug-likeness (QED) is 0.858. The van der Waals surface area contributed by atoms with Gasteiger partial charge in [0.25, 0.3) is 5.91 Å². The van der Waals surface area contributed by atoms with Gasteiger partial charge in [0.1, 0.15) is 0 Å². The van der Waals surface area contributed by atoms with Gasteiger partial charge in [0, 0.05) is 11.4 Å². The van der Waals surface area contributed by atoms with E-state index >= 15 is 0 Å². The van der Waals surface area contributed by atoms with Crippen LogP contribution in [0.15, 0.2) is 23.1 Å². The predicted octanol–water partition coefficient (Wildman–Crippen LogP) is 2.23. The van der Waals surface area contributed by atoms with Gasteiger partial charge in [0.15, 0.2) is 9.84 Å². The standard InChI is InChI=1S/C13H16ClNO3S2/c1-19-10-2-3-12(14)11(6-10)13(16)15-7-9-4-5-20(17,18)8-9/h2-3,6,9H,4-5,7-8H2,1H3,(H,15,16). The van der Waals surface area contributed by atoms with Crippen molar-refractivity contribution >= 4 is 39.1 Å². The van der Waals surface area contributed by atoms with Crippen molar-refractivity contribution in [2.75, 3.05) is 24.3 Å². The highest BCUT2D eigenvalue weighted by Crippen LogP contribution is 2.23. The van der Waals surface area contributed by atoms with Crippen LogP contribution < -0.4 is 5.32 Å². The third kappa shape index (κ3) is 3.90. The summed E-state index contributed by atoms with van der Waals surface area (Å²) in [4.78, 5) is 13.1. The number of benzene rings is 1. The highest BCUT2D eigenvalue weighted by Gasteiger charge is 2.28. The lowest BCUT2D eigenvalue weighted by Gasteiger charge is -2.11. The summed E-state index contributed by atoms with van der Waals surface area (Å²) < 4.78 is 22.7. The Bertz CT molecular complexity index is 616. The summed E-state index contributed by atoms with van der Waals surface area (Å²) in [6.07, 6.45) is 2.54. The Morgan fingerprint density at radius 3 is 2.85 bits per heavy atom. The lowest BCUT2D eigenvalue weighted by molar-refractivity contribution is 0.0948. The molecule has 1 N–H and O–H groups in total. The molecule has 0 aliphatic carbocycles. The van der Waals surface area contributed by atoms with Gasteiger partial charge < -0.3 is 5.32 Å². The number of carbonyl (C=O) groups excluding carboxylic acids is 1. The van der Waals surface area contributed by atoms with E-state index in [9.17, 15) is 13.2 Å². The number of hydrogen-bond acceptors (Lipinski definition) is 4. The highest BCUT2D eigenvalue weighted by atomic mass is 35.5. The zero-order chi connectivity index (χ0) is 14.8. The van der Waals surface area contributed by atoms with Crippen molar-refractivity contribution in [1.29, 1.82) is 0 Å². The third-order valence-electron chi connectivity index (χ3n) is 3.30. The Morgan fingerprint density at radius 2 is 2.25 bits per heavy atom. The second kappa shape index (κ2) is 6.37. The van der Waals surface area contributed by atoms with E-state index in [1.807, 2.05) is 12.3 Å². The number of carbonyl (C=O) groups is 1. The average molecular weight is 334 g/mol. The van der Waals surface area contributed by atoms with Gasteiger partial charge in [-0.3, -0.25) is 4.79 Å². The van der Waals surface area contributed by atoms with E-state index in [0.29, 0.717) is 23.6 Å². The van der Waals surface area contributed by atoms with Gasteiger partial charge in [-0.25, -0.2) is 8.42 Å². The van der Waals surface area contributed by atoms with Crippen LogP contribution in [0.5, 0.6) is 0 Å². The topological polar surface area (TPSA) is 63.2 Å². The van der Waals surface area contributed by atoms with Crippen molar-refractivity contribution in [3.05, 3.63) is 28.8 Å². The molecule has 1 fully saturated rings. The molecule has 1 saturated heterocycles.